The van der Waals surface area contributed by atoms with Crippen molar-refractivity contribution < 1.29 is 9.53 Å². The Balaban J connectivity index is 1.78. The Morgan fingerprint density at radius 2 is 1.97 bits per heavy atom. The van der Waals surface area contributed by atoms with Crippen molar-refractivity contribution in [3.63, 3.8) is 0 Å². The second kappa shape index (κ2) is 10.3. The van der Waals surface area contributed by atoms with Crippen LogP contribution in [0, 0.1) is 6.92 Å². The zero-order valence-corrected chi connectivity index (χ0v) is 18.6. The molecule has 31 heavy (non-hydrogen) atoms. The van der Waals surface area contributed by atoms with Crippen LogP contribution in [-0.2, 0) is 16.1 Å². The van der Waals surface area contributed by atoms with Gasteiger partial charge in [0.25, 0.3) is 5.56 Å². The van der Waals surface area contributed by atoms with Gasteiger partial charge in [-0.2, -0.15) is 0 Å². The first-order valence-electron chi connectivity index (χ1n) is 10.5. The van der Waals surface area contributed by atoms with E-state index >= 15 is 0 Å². The molecule has 0 saturated heterocycles. The largest absolute Gasteiger partial charge is 0.383 e. The first-order valence-corrected chi connectivity index (χ1v) is 10.5. The van der Waals surface area contributed by atoms with Crippen molar-refractivity contribution in [3.8, 4) is 0 Å². The first kappa shape index (κ1) is 22.7. The van der Waals surface area contributed by atoms with Gasteiger partial charge in [0, 0.05) is 19.3 Å². The van der Waals surface area contributed by atoms with E-state index in [1.165, 1.54) is 0 Å². The molecule has 0 radical (unpaired) electrons. The monoisotopic (exact) mass is 422 g/mol. The van der Waals surface area contributed by atoms with Crippen LogP contribution in [0.1, 0.15) is 36.7 Å². The third-order valence-corrected chi connectivity index (χ3v) is 5.21. The molecule has 7 nitrogen and oxygen atoms in total. The number of aromatic amines is 1. The SMILES string of the molecule is COCCN(CC(=O)Nc1c(C)cccc1C(C)C)Cc1nc2ccccc2c(=O)[nH]1. The Hall–Kier alpha value is -3.03. The van der Waals surface area contributed by atoms with E-state index in [9.17, 15) is 9.59 Å². The molecule has 2 N–H and O–H groups in total. The number of carbonyl (C=O) groups excluding carboxylic acids is 1. The molecule has 0 saturated carbocycles. The molecule has 3 aromatic rings. The fourth-order valence-corrected chi connectivity index (χ4v) is 3.58. The van der Waals surface area contributed by atoms with Gasteiger partial charge in [0.1, 0.15) is 5.82 Å². The normalized spacial score (nSPS) is 11.4. The molecule has 0 aliphatic rings. The van der Waals surface area contributed by atoms with Gasteiger partial charge in [-0.25, -0.2) is 4.98 Å². The van der Waals surface area contributed by atoms with Crippen molar-refractivity contribution in [1.29, 1.82) is 0 Å². The number of benzene rings is 2. The Bertz CT molecular complexity index is 1110. The molecule has 1 aromatic heterocycles. The predicted molar refractivity (Wildman–Crippen MR) is 123 cm³/mol. The molecule has 7 heteroatoms. The number of amides is 1. The summed E-state index contributed by atoms with van der Waals surface area (Å²) in [7, 11) is 1.62. The molecule has 164 valence electrons. The van der Waals surface area contributed by atoms with Crippen LogP contribution >= 0.6 is 0 Å². The number of nitrogens with zero attached hydrogens (tertiary/aromatic N) is 2. The minimum atomic E-state index is -0.182. The Labute approximate surface area is 182 Å². The highest BCUT2D eigenvalue weighted by molar-refractivity contribution is 5.94. The number of para-hydroxylation sites is 2. The molecule has 1 amide bonds. The Morgan fingerprint density at radius 1 is 1.19 bits per heavy atom. The average Bonchev–Trinajstić information content (AvgIpc) is 2.73. The van der Waals surface area contributed by atoms with Crippen LogP contribution < -0.4 is 10.9 Å². The maximum Gasteiger partial charge on any atom is 0.258 e. The molecule has 0 aliphatic heterocycles. The zero-order valence-electron chi connectivity index (χ0n) is 18.6. The van der Waals surface area contributed by atoms with Crippen molar-refractivity contribution in [2.24, 2.45) is 0 Å². The molecular weight excluding hydrogens is 392 g/mol. The van der Waals surface area contributed by atoms with Crippen molar-refractivity contribution in [3.05, 3.63) is 69.8 Å². The summed E-state index contributed by atoms with van der Waals surface area (Å²) in [4.78, 5) is 34.6. The van der Waals surface area contributed by atoms with E-state index in [-0.39, 0.29) is 18.0 Å². The quantitative estimate of drug-likeness (QED) is 0.552. The average molecular weight is 423 g/mol. The van der Waals surface area contributed by atoms with Crippen LogP contribution in [0.3, 0.4) is 0 Å². The highest BCUT2D eigenvalue weighted by atomic mass is 16.5. The van der Waals surface area contributed by atoms with Gasteiger partial charge in [0.05, 0.1) is 30.6 Å². The van der Waals surface area contributed by atoms with Crippen molar-refractivity contribution in [2.75, 3.05) is 32.1 Å². The smallest absolute Gasteiger partial charge is 0.258 e. The van der Waals surface area contributed by atoms with Crippen LogP contribution in [0.4, 0.5) is 5.69 Å². The molecule has 0 bridgehead atoms. The molecule has 0 aliphatic carbocycles. The van der Waals surface area contributed by atoms with Crippen LogP contribution in [-0.4, -0.2) is 47.6 Å². The van der Waals surface area contributed by atoms with Gasteiger partial charge in [-0.1, -0.05) is 44.2 Å². The predicted octanol–water partition coefficient (Wildman–Crippen LogP) is 3.44. The van der Waals surface area contributed by atoms with Gasteiger partial charge in [0.2, 0.25) is 5.91 Å². The van der Waals surface area contributed by atoms with Gasteiger partial charge in [-0.3, -0.25) is 14.5 Å². The van der Waals surface area contributed by atoms with E-state index in [1.807, 2.05) is 48.2 Å². The van der Waals surface area contributed by atoms with E-state index in [0.29, 0.717) is 42.3 Å². The number of H-pyrrole nitrogens is 1. The van der Waals surface area contributed by atoms with Crippen LogP contribution in [0.5, 0.6) is 0 Å². The van der Waals surface area contributed by atoms with Crippen LogP contribution in [0.25, 0.3) is 10.9 Å². The molecular formula is C24H30N4O3. The van der Waals surface area contributed by atoms with Crippen molar-refractivity contribution in [2.45, 2.75) is 33.2 Å². The Kier molecular flexibility index (Phi) is 7.55. The van der Waals surface area contributed by atoms with Gasteiger partial charge < -0.3 is 15.0 Å². The highest BCUT2D eigenvalue weighted by Crippen LogP contribution is 2.27. The maximum atomic E-state index is 12.9. The number of fused-ring (bicyclic) bond motifs is 1. The van der Waals surface area contributed by atoms with Gasteiger partial charge in [-0.15, -0.1) is 0 Å². The summed E-state index contributed by atoms with van der Waals surface area (Å²) in [5.74, 6) is 0.702. The number of aryl methyl sites for hydroxylation is 1. The summed E-state index contributed by atoms with van der Waals surface area (Å²) in [6, 6.07) is 13.3. The van der Waals surface area contributed by atoms with Crippen molar-refractivity contribution in [1.82, 2.24) is 14.9 Å². The number of hydrogen-bond acceptors (Lipinski definition) is 5. The number of carbonyl (C=O) groups is 1. The molecule has 2 aromatic carbocycles. The lowest BCUT2D eigenvalue weighted by molar-refractivity contribution is -0.117. The maximum absolute atomic E-state index is 12.9. The molecule has 0 atom stereocenters. The van der Waals surface area contributed by atoms with Gasteiger partial charge in [0.15, 0.2) is 0 Å². The molecule has 1 heterocycles. The summed E-state index contributed by atoms with van der Waals surface area (Å²) in [5.41, 5.74) is 3.46. The topological polar surface area (TPSA) is 87.3 Å². The lowest BCUT2D eigenvalue weighted by Crippen LogP contribution is -2.36. The number of rotatable bonds is 9. The summed E-state index contributed by atoms with van der Waals surface area (Å²) in [6.45, 7) is 7.70. The third kappa shape index (κ3) is 5.77. The number of ether oxygens (including phenoxy) is 1. The second-order valence-corrected chi connectivity index (χ2v) is 7.98. The molecule has 3 rings (SSSR count). The highest BCUT2D eigenvalue weighted by Gasteiger charge is 2.16. The summed E-state index contributed by atoms with van der Waals surface area (Å²) in [5, 5.41) is 3.63. The second-order valence-electron chi connectivity index (χ2n) is 7.98. The van der Waals surface area contributed by atoms with Crippen LogP contribution in [0.2, 0.25) is 0 Å². The number of hydrogen-bond donors (Lipinski definition) is 2. The number of methoxy groups -OCH3 is 1. The molecule has 0 spiro atoms. The van der Waals surface area contributed by atoms with Gasteiger partial charge >= 0.3 is 0 Å². The fraction of sp³-hybridized carbons (Fsp3) is 0.375. The first-order chi connectivity index (χ1) is 14.9. The van der Waals surface area contributed by atoms with E-state index in [1.54, 1.807) is 13.2 Å². The van der Waals surface area contributed by atoms with Crippen molar-refractivity contribution >= 4 is 22.5 Å². The lowest BCUT2D eigenvalue weighted by Gasteiger charge is -2.22. The lowest BCUT2D eigenvalue weighted by atomic mass is 9.98. The van der Waals surface area contributed by atoms with E-state index in [2.05, 4.69) is 29.1 Å². The molecule has 0 unspecified atom stereocenters. The zero-order chi connectivity index (χ0) is 22.4. The van der Waals surface area contributed by atoms with E-state index < -0.39 is 0 Å². The summed E-state index contributed by atoms with van der Waals surface area (Å²) in [6.07, 6.45) is 0. The van der Waals surface area contributed by atoms with Gasteiger partial charge in [-0.05, 0) is 36.1 Å². The summed E-state index contributed by atoms with van der Waals surface area (Å²) >= 11 is 0. The standard InChI is InChI=1S/C24H30N4O3/c1-16(2)18-10-7-8-17(3)23(18)27-22(29)15-28(12-13-31-4)14-21-25-20-11-6-5-9-19(20)24(30)26-21/h5-11,16H,12-15H2,1-4H3,(H,27,29)(H,25,26,30). The van der Waals surface area contributed by atoms with E-state index in [0.717, 1.165) is 16.8 Å². The molecule has 0 fully saturated rings. The fourth-order valence-electron chi connectivity index (χ4n) is 3.58. The number of anilines is 1. The Morgan fingerprint density at radius 3 is 2.71 bits per heavy atom. The number of aromatic nitrogens is 2. The third-order valence-electron chi connectivity index (χ3n) is 5.21. The van der Waals surface area contributed by atoms with Crippen LogP contribution in [0.15, 0.2) is 47.3 Å². The number of nitrogens with one attached hydrogen (secondary N) is 2. The minimum Gasteiger partial charge on any atom is -0.383 e. The summed E-state index contributed by atoms with van der Waals surface area (Å²) < 4.78 is 5.21. The van der Waals surface area contributed by atoms with E-state index in [4.69, 9.17) is 4.74 Å². The minimum absolute atomic E-state index is 0.115.